The number of aromatic hydroxyl groups is 2. The zero-order valence-corrected chi connectivity index (χ0v) is 18.7. The topological polar surface area (TPSA) is 146 Å². The van der Waals surface area contributed by atoms with Crippen molar-refractivity contribution >= 4 is 32.6 Å². The number of phenols is 2. The normalized spacial score (nSPS) is 13.8. The van der Waals surface area contributed by atoms with Gasteiger partial charge in [-0.3, -0.25) is 19.6 Å². The van der Waals surface area contributed by atoms with E-state index in [-0.39, 0.29) is 34.2 Å². The summed E-state index contributed by atoms with van der Waals surface area (Å²) < 4.78 is 1.62. The SMILES string of the molecule is CN(C)CCNCCN=c1ccc2c3c1c(O)c1c(O)ccc(=O)c1c3[nH]n2CC(O)CO. The van der Waals surface area contributed by atoms with Crippen molar-refractivity contribution in [2.24, 2.45) is 4.99 Å². The molecule has 0 aliphatic rings. The Balaban J connectivity index is 1.91. The largest absolute Gasteiger partial charge is 0.507 e. The standard InChI is InChI=1S/C23H29N5O5/c1-27(2)10-9-24-7-8-25-14-3-4-15-19-18(14)23(33)21-17(32)6-5-16(31)20(21)22(19)26-28(15)11-13(30)12-29/h3-6,13,24,26,29-30,32-33H,7-12H2,1-2H3. The van der Waals surface area contributed by atoms with Crippen LogP contribution in [0.3, 0.4) is 0 Å². The highest BCUT2D eigenvalue weighted by Gasteiger charge is 2.22. The molecular formula is C23H29N5O5. The van der Waals surface area contributed by atoms with Crippen LogP contribution in [0.15, 0.2) is 34.1 Å². The van der Waals surface area contributed by atoms with Crippen molar-refractivity contribution in [3.63, 3.8) is 0 Å². The van der Waals surface area contributed by atoms with Gasteiger partial charge in [-0.05, 0) is 38.4 Å². The molecule has 176 valence electrons. The van der Waals surface area contributed by atoms with Crippen LogP contribution < -0.4 is 16.1 Å². The monoisotopic (exact) mass is 455 g/mol. The number of likely N-dealkylation sites (N-methyl/N-ethyl adjacent to an activating group) is 1. The van der Waals surface area contributed by atoms with E-state index >= 15 is 0 Å². The average Bonchev–Trinajstić information content (AvgIpc) is 3.14. The molecule has 0 aliphatic heterocycles. The molecule has 10 heteroatoms. The fourth-order valence-electron chi connectivity index (χ4n) is 4.14. The predicted molar refractivity (Wildman–Crippen MR) is 127 cm³/mol. The van der Waals surface area contributed by atoms with E-state index in [2.05, 4.69) is 20.3 Å². The van der Waals surface area contributed by atoms with E-state index < -0.39 is 12.7 Å². The molecule has 0 bridgehead atoms. The first-order chi connectivity index (χ1) is 15.8. The Labute approximate surface area is 189 Å². The van der Waals surface area contributed by atoms with Gasteiger partial charge >= 0.3 is 0 Å². The fraction of sp³-hybridized carbons (Fsp3) is 0.391. The molecule has 0 fully saturated rings. The van der Waals surface area contributed by atoms with Crippen molar-refractivity contribution in [2.75, 3.05) is 46.9 Å². The smallest absolute Gasteiger partial charge is 0.189 e. The van der Waals surface area contributed by atoms with Crippen LogP contribution >= 0.6 is 0 Å². The Morgan fingerprint density at radius 3 is 2.61 bits per heavy atom. The minimum Gasteiger partial charge on any atom is -0.507 e. The van der Waals surface area contributed by atoms with Crippen LogP contribution in [0.2, 0.25) is 0 Å². The molecule has 3 aromatic carbocycles. The van der Waals surface area contributed by atoms with Gasteiger partial charge in [0.2, 0.25) is 0 Å². The Hall–Kier alpha value is -3.18. The maximum Gasteiger partial charge on any atom is 0.189 e. The Morgan fingerprint density at radius 1 is 1.09 bits per heavy atom. The molecule has 1 aromatic heterocycles. The van der Waals surface area contributed by atoms with Gasteiger partial charge in [0.25, 0.3) is 0 Å². The van der Waals surface area contributed by atoms with E-state index in [0.717, 1.165) is 13.1 Å². The zero-order valence-electron chi connectivity index (χ0n) is 18.7. The number of aromatic nitrogens is 2. The van der Waals surface area contributed by atoms with Gasteiger partial charge in [0.1, 0.15) is 11.5 Å². The highest BCUT2D eigenvalue weighted by atomic mass is 16.3. The molecule has 4 aromatic rings. The molecule has 0 saturated heterocycles. The summed E-state index contributed by atoms with van der Waals surface area (Å²) in [6, 6.07) is 6.07. The third-order valence-corrected chi connectivity index (χ3v) is 5.73. The summed E-state index contributed by atoms with van der Waals surface area (Å²) in [7, 11) is 4.01. The third-order valence-electron chi connectivity index (χ3n) is 5.73. The van der Waals surface area contributed by atoms with Crippen LogP contribution in [0.1, 0.15) is 0 Å². The first-order valence-electron chi connectivity index (χ1n) is 10.8. The molecule has 1 unspecified atom stereocenters. The van der Waals surface area contributed by atoms with E-state index in [1.807, 2.05) is 14.1 Å². The van der Waals surface area contributed by atoms with Gasteiger partial charge in [-0.2, -0.15) is 0 Å². The Morgan fingerprint density at radius 2 is 1.88 bits per heavy atom. The number of rotatable bonds is 9. The Bertz CT molecular complexity index is 1410. The first kappa shape index (κ1) is 23.0. The molecule has 0 spiro atoms. The number of phenolic OH excluding ortho intramolecular Hbond substituents is 2. The van der Waals surface area contributed by atoms with E-state index in [0.29, 0.717) is 40.3 Å². The number of nitrogens with zero attached hydrogens (tertiary/aromatic N) is 3. The van der Waals surface area contributed by atoms with Gasteiger partial charge in [0, 0.05) is 25.0 Å². The lowest BCUT2D eigenvalue weighted by Gasteiger charge is -2.10. The summed E-state index contributed by atoms with van der Waals surface area (Å²) in [6.45, 7) is 2.50. The fourth-order valence-corrected chi connectivity index (χ4v) is 4.14. The summed E-state index contributed by atoms with van der Waals surface area (Å²) in [4.78, 5) is 19.4. The number of aromatic amines is 1. The minimum atomic E-state index is -1.01. The van der Waals surface area contributed by atoms with Crippen LogP contribution in [0.25, 0.3) is 32.6 Å². The minimum absolute atomic E-state index is 0.0553. The van der Waals surface area contributed by atoms with E-state index in [4.69, 9.17) is 0 Å². The van der Waals surface area contributed by atoms with Crippen LogP contribution in [0.5, 0.6) is 11.5 Å². The number of aliphatic hydroxyl groups excluding tert-OH is 2. The van der Waals surface area contributed by atoms with Crippen LogP contribution in [0, 0.1) is 0 Å². The predicted octanol–water partition coefficient (Wildman–Crippen LogP) is -0.110. The lowest BCUT2D eigenvalue weighted by atomic mass is 9.99. The van der Waals surface area contributed by atoms with E-state index in [1.54, 1.807) is 16.8 Å². The lowest BCUT2D eigenvalue weighted by Crippen LogP contribution is -2.28. The third kappa shape index (κ3) is 4.25. The Kier molecular flexibility index (Phi) is 6.52. The molecule has 0 amide bonds. The van der Waals surface area contributed by atoms with Crippen molar-refractivity contribution in [2.45, 2.75) is 12.6 Å². The number of aliphatic hydroxyl groups is 2. The molecule has 10 nitrogen and oxygen atoms in total. The van der Waals surface area contributed by atoms with Crippen molar-refractivity contribution in [1.29, 1.82) is 0 Å². The van der Waals surface area contributed by atoms with Gasteiger partial charge in [0.15, 0.2) is 5.43 Å². The maximum atomic E-state index is 12.7. The van der Waals surface area contributed by atoms with Gasteiger partial charge in [-0.15, -0.1) is 0 Å². The van der Waals surface area contributed by atoms with Crippen molar-refractivity contribution in [1.82, 2.24) is 20.0 Å². The first-order valence-corrected chi connectivity index (χ1v) is 10.8. The summed E-state index contributed by atoms with van der Waals surface area (Å²) in [6.07, 6.45) is -1.01. The molecule has 6 N–H and O–H groups in total. The molecule has 33 heavy (non-hydrogen) atoms. The molecule has 1 heterocycles. The quantitative estimate of drug-likeness (QED) is 0.152. The van der Waals surface area contributed by atoms with Crippen LogP contribution in [0.4, 0.5) is 0 Å². The average molecular weight is 456 g/mol. The summed E-state index contributed by atoms with van der Waals surface area (Å²) >= 11 is 0. The van der Waals surface area contributed by atoms with Crippen molar-refractivity contribution in [3.05, 3.63) is 39.8 Å². The molecule has 0 aliphatic carbocycles. The number of H-pyrrole nitrogens is 1. The van der Waals surface area contributed by atoms with Crippen LogP contribution in [-0.2, 0) is 6.54 Å². The number of benzene rings is 3. The number of hydrogen-bond donors (Lipinski definition) is 6. The lowest BCUT2D eigenvalue weighted by molar-refractivity contribution is 0.0795. The maximum absolute atomic E-state index is 12.7. The number of hydrogen-bond acceptors (Lipinski definition) is 8. The second kappa shape index (κ2) is 9.36. The van der Waals surface area contributed by atoms with E-state index in [9.17, 15) is 25.2 Å². The van der Waals surface area contributed by atoms with Crippen LogP contribution in [-0.4, -0.2) is 88.1 Å². The highest BCUT2D eigenvalue weighted by molar-refractivity contribution is 6.23. The van der Waals surface area contributed by atoms with Crippen molar-refractivity contribution in [3.8, 4) is 11.5 Å². The molecule has 4 rings (SSSR count). The number of nitrogens with one attached hydrogen (secondary N) is 2. The van der Waals surface area contributed by atoms with E-state index in [1.165, 1.54) is 12.1 Å². The van der Waals surface area contributed by atoms with Gasteiger partial charge in [-0.1, -0.05) is 0 Å². The molecular weight excluding hydrogens is 426 g/mol. The zero-order chi connectivity index (χ0) is 23.7. The summed E-state index contributed by atoms with van der Waals surface area (Å²) in [5.74, 6) is -0.427. The highest BCUT2D eigenvalue weighted by Crippen LogP contribution is 2.41. The molecule has 0 radical (unpaired) electrons. The van der Waals surface area contributed by atoms with Gasteiger partial charge in [0.05, 0.1) is 58.3 Å². The second-order valence-corrected chi connectivity index (χ2v) is 8.40. The number of fused-ring (bicyclic) bond motifs is 2. The molecule has 0 saturated carbocycles. The molecule has 1 atom stereocenters. The van der Waals surface area contributed by atoms with Crippen molar-refractivity contribution < 1.29 is 20.4 Å². The van der Waals surface area contributed by atoms with Gasteiger partial charge in [-0.25, -0.2) is 0 Å². The summed E-state index contributed by atoms with van der Waals surface area (Å²) in [5.41, 5.74) is 0.709. The van der Waals surface area contributed by atoms with Gasteiger partial charge < -0.3 is 30.6 Å². The second-order valence-electron chi connectivity index (χ2n) is 8.40. The summed E-state index contributed by atoms with van der Waals surface area (Å²) in [5, 5.41) is 49.1.